The minimum atomic E-state index is -0.430. The molecule has 2 aromatic rings. The van der Waals surface area contributed by atoms with Crippen molar-refractivity contribution in [1.82, 2.24) is 9.78 Å². The standard InChI is InChI=1S/C16H18N2O3/c1-11-8-12(11)10-21-16(19)15-14(20-2)9-18(17-15)13-6-4-3-5-7-13/h3-7,9,11-12H,8,10H2,1-2H3/t11-,12-/m0/s1. The maximum absolute atomic E-state index is 12.1. The van der Waals surface area contributed by atoms with Gasteiger partial charge in [0.15, 0.2) is 5.75 Å². The monoisotopic (exact) mass is 286 g/mol. The van der Waals surface area contributed by atoms with Crippen LogP contribution in [-0.2, 0) is 4.74 Å². The van der Waals surface area contributed by atoms with Gasteiger partial charge in [0.25, 0.3) is 0 Å². The molecule has 110 valence electrons. The lowest BCUT2D eigenvalue weighted by Crippen LogP contribution is -2.10. The Labute approximate surface area is 123 Å². The van der Waals surface area contributed by atoms with Crippen LogP contribution < -0.4 is 4.74 Å². The molecule has 0 unspecified atom stereocenters. The van der Waals surface area contributed by atoms with E-state index >= 15 is 0 Å². The summed E-state index contributed by atoms with van der Waals surface area (Å²) in [5.41, 5.74) is 1.08. The van der Waals surface area contributed by atoms with Crippen molar-refractivity contribution >= 4 is 5.97 Å². The minimum absolute atomic E-state index is 0.217. The Hall–Kier alpha value is -2.30. The zero-order valence-electron chi connectivity index (χ0n) is 12.2. The molecule has 3 rings (SSSR count). The second-order valence-corrected chi connectivity index (χ2v) is 5.40. The predicted octanol–water partition coefficient (Wildman–Crippen LogP) is 2.69. The number of carbonyl (C=O) groups is 1. The SMILES string of the molecule is COc1cn(-c2ccccc2)nc1C(=O)OC[C@@H]1C[C@@H]1C. The van der Waals surface area contributed by atoms with Gasteiger partial charge in [0, 0.05) is 0 Å². The summed E-state index contributed by atoms with van der Waals surface area (Å²) in [6.45, 7) is 2.62. The highest BCUT2D eigenvalue weighted by molar-refractivity contribution is 5.90. The summed E-state index contributed by atoms with van der Waals surface area (Å²) in [6.07, 6.45) is 2.81. The van der Waals surface area contributed by atoms with E-state index in [4.69, 9.17) is 9.47 Å². The predicted molar refractivity (Wildman–Crippen MR) is 77.7 cm³/mol. The van der Waals surface area contributed by atoms with E-state index in [9.17, 15) is 4.79 Å². The number of rotatable bonds is 5. The van der Waals surface area contributed by atoms with Crippen LogP contribution in [0.25, 0.3) is 5.69 Å². The number of hydrogen-bond acceptors (Lipinski definition) is 4. The summed E-state index contributed by atoms with van der Waals surface area (Å²) in [7, 11) is 1.52. The van der Waals surface area contributed by atoms with Crippen molar-refractivity contribution in [3.8, 4) is 11.4 Å². The van der Waals surface area contributed by atoms with Crippen LogP contribution in [0.4, 0.5) is 0 Å². The molecular weight excluding hydrogens is 268 g/mol. The third kappa shape index (κ3) is 2.91. The van der Waals surface area contributed by atoms with E-state index in [0.29, 0.717) is 24.2 Å². The van der Waals surface area contributed by atoms with Crippen LogP contribution >= 0.6 is 0 Å². The number of carbonyl (C=O) groups excluding carboxylic acids is 1. The Morgan fingerprint density at radius 2 is 2.10 bits per heavy atom. The molecule has 0 aliphatic heterocycles. The first kappa shape index (κ1) is 13.7. The molecule has 1 aromatic carbocycles. The highest BCUT2D eigenvalue weighted by Gasteiger charge is 2.34. The van der Waals surface area contributed by atoms with Crippen LogP contribution in [0.1, 0.15) is 23.8 Å². The molecule has 1 fully saturated rings. The third-order valence-corrected chi connectivity index (χ3v) is 3.82. The highest BCUT2D eigenvalue weighted by atomic mass is 16.5. The molecule has 5 heteroatoms. The first-order chi connectivity index (χ1) is 10.2. The molecule has 0 N–H and O–H groups in total. The number of nitrogens with zero attached hydrogens (tertiary/aromatic N) is 2. The van der Waals surface area contributed by atoms with Gasteiger partial charge in [-0.15, -0.1) is 0 Å². The molecule has 0 spiro atoms. The van der Waals surface area contributed by atoms with Crippen LogP contribution in [0.15, 0.2) is 36.5 Å². The van der Waals surface area contributed by atoms with Gasteiger partial charge in [0.05, 0.1) is 25.6 Å². The molecule has 2 atom stereocenters. The van der Waals surface area contributed by atoms with E-state index in [1.807, 2.05) is 30.3 Å². The highest BCUT2D eigenvalue weighted by Crippen LogP contribution is 2.37. The summed E-state index contributed by atoms with van der Waals surface area (Å²) in [4.78, 5) is 12.1. The first-order valence-corrected chi connectivity index (χ1v) is 7.05. The number of ether oxygens (including phenoxy) is 2. The average Bonchev–Trinajstić information content (AvgIpc) is 3.05. The van der Waals surface area contributed by atoms with E-state index in [1.165, 1.54) is 7.11 Å². The van der Waals surface area contributed by atoms with Gasteiger partial charge in [-0.2, -0.15) is 5.10 Å². The number of methoxy groups -OCH3 is 1. The van der Waals surface area contributed by atoms with Gasteiger partial charge < -0.3 is 9.47 Å². The lowest BCUT2D eigenvalue weighted by atomic mass is 10.3. The van der Waals surface area contributed by atoms with Crippen molar-refractivity contribution in [3.05, 3.63) is 42.2 Å². The van der Waals surface area contributed by atoms with Crippen LogP contribution in [-0.4, -0.2) is 29.5 Å². The molecule has 1 aliphatic carbocycles. The second-order valence-electron chi connectivity index (χ2n) is 5.40. The van der Waals surface area contributed by atoms with E-state index in [-0.39, 0.29) is 5.69 Å². The largest absolute Gasteiger partial charge is 0.493 e. The van der Waals surface area contributed by atoms with Crippen molar-refractivity contribution in [2.24, 2.45) is 11.8 Å². The first-order valence-electron chi connectivity index (χ1n) is 7.05. The van der Waals surface area contributed by atoms with Gasteiger partial charge in [0.2, 0.25) is 5.69 Å². The van der Waals surface area contributed by atoms with Crippen LogP contribution in [0.3, 0.4) is 0 Å². The van der Waals surface area contributed by atoms with Gasteiger partial charge >= 0.3 is 5.97 Å². The Morgan fingerprint density at radius 1 is 1.38 bits per heavy atom. The Bertz CT molecular complexity index is 636. The topological polar surface area (TPSA) is 53.4 Å². The summed E-state index contributed by atoms with van der Waals surface area (Å²) in [5.74, 6) is 1.14. The van der Waals surface area contributed by atoms with E-state index in [0.717, 1.165) is 12.1 Å². The summed E-state index contributed by atoms with van der Waals surface area (Å²) in [5, 5.41) is 4.29. The lowest BCUT2D eigenvalue weighted by Gasteiger charge is -2.03. The average molecular weight is 286 g/mol. The minimum Gasteiger partial charge on any atom is -0.493 e. The van der Waals surface area contributed by atoms with Gasteiger partial charge in [-0.1, -0.05) is 25.1 Å². The van der Waals surface area contributed by atoms with Crippen molar-refractivity contribution in [2.75, 3.05) is 13.7 Å². The van der Waals surface area contributed by atoms with Crippen LogP contribution in [0.2, 0.25) is 0 Å². The summed E-state index contributed by atoms with van der Waals surface area (Å²) >= 11 is 0. The third-order valence-electron chi connectivity index (χ3n) is 3.82. The molecule has 1 heterocycles. The van der Waals surface area contributed by atoms with Crippen molar-refractivity contribution < 1.29 is 14.3 Å². The quantitative estimate of drug-likeness (QED) is 0.793. The smallest absolute Gasteiger partial charge is 0.362 e. The van der Waals surface area contributed by atoms with E-state index < -0.39 is 5.97 Å². The molecule has 0 bridgehead atoms. The number of hydrogen-bond donors (Lipinski definition) is 0. The molecule has 1 saturated carbocycles. The normalized spacial score (nSPS) is 20.1. The van der Waals surface area contributed by atoms with Gasteiger partial charge in [-0.05, 0) is 30.4 Å². The zero-order chi connectivity index (χ0) is 14.8. The Kier molecular flexibility index (Phi) is 3.64. The number of para-hydroxylation sites is 1. The van der Waals surface area contributed by atoms with Crippen molar-refractivity contribution in [1.29, 1.82) is 0 Å². The molecule has 0 saturated heterocycles. The second kappa shape index (κ2) is 5.60. The Balaban J connectivity index is 1.77. The van der Waals surface area contributed by atoms with Crippen LogP contribution in [0, 0.1) is 11.8 Å². The van der Waals surface area contributed by atoms with Gasteiger partial charge in [0.1, 0.15) is 0 Å². The zero-order valence-corrected chi connectivity index (χ0v) is 12.2. The fraction of sp³-hybridized carbons (Fsp3) is 0.375. The molecule has 21 heavy (non-hydrogen) atoms. The fourth-order valence-electron chi connectivity index (χ4n) is 2.24. The number of benzene rings is 1. The van der Waals surface area contributed by atoms with Crippen molar-refractivity contribution in [3.63, 3.8) is 0 Å². The molecule has 1 aliphatic rings. The maximum atomic E-state index is 12.1. The molecule has 1 aromatic heterocycles. The fourth-order valence-corrected chi connectivity index (χ4v) is 2.24. The molecule has 0 radical (unpaired) electrons. The molecular formula is C16H18N2O3. The van der Waals surface area contributed by atoms with Crippen molar-refractivity contribution in [2.45, 2.75) is 13.3 Å². The van der Waals surface area contributed by atoms with E-state index in [1.54, 1.807) is 10.9 Å². The summed E-state index contributed by atoms with van der Waals surface area (Å²) < 4.78 is 12.2. The Morgan fingerprint density at radius 3 is 2.71 bits per heavy atom. The van der Waals surface area contributed by atoms with Gasteiger partial charge in [-0.3, -0.25) is 0 Å². The van der Waals surface area contributed by atoms with Crippen LogP contribution in [0.5, 0.6) is 5.75 Å². The number of esters is 1. The maximum Gasteiger partial charge on any atom is 0.362 e. The molecule has 0 amide bonds. The number of aromatic nitrogens is 2. The summed E-state index contributed by atoms with van der Waals surface area (Å²) in [6, 6.07) is 9.57. The molecule has 5 nitrogen and oxygen atoms in total. The lowest BCUT2D eigenvalue weighted by molar-refractivity contribution is 0.0470. The van der Waals surface area contributed by atoms with Gasteiger partial charge in [-0.25, -0.2) is 9.48 Å². The van der Waals surface area contributed by atoms with E-state index in [2.05, 4.69) is 12.0 Å².